The lowest BCUT2D eigenvalue weighted by atomic mass is 10.2. The van der Waals surface area contributed by atoms with Gasteiger partial charge in [0.1, 0.15) is 17.4 Å². The summed E-state index contributed by atoms with van der Waals surface area (Å²) < 4.78 is 17.3. The number of rotatable bonds is 12. The number of nitrogens with one attached hydrogen (secondary N) is 1. The molecule has 0 spiro atoms. The van der Waals surface area contributed by atoms with Crippen molar-refractivity contribution in [2.75, 3.05) is 18.5 Å². The average Bonchev–Trinajstić information content (AvgIpc) is 3.23. The number of carbonyl (C=O) groups is 1. The minimum atomic E-state index is -0.134. The molecule has 0 aliphatic heterocycles. The minimum absolute atomic E-state index is 0.134. The molecule has 0 unspecified atom stereocenters. The summed E-state index contributed by atoms with van der Waals surface area (Å²) in [5, 5.41) is 5.65. The number of anilines is 1. The van der Waals surface area contributed by atoms with Crippen molar-refractivity contribution in [1.82, 2.24) is 4.98 Å². The van der Waals surface area contributed by atoms with Crippen LogP contribution in [0.25, 0.3) is 0 Å². The van der Waals surface area contributed by atoms with Crippen LogP contribution in [0.15, 0.2) is 47.8 Å². The average molecular weight is 455 g/mol. The molecule has 0 radical (unpaired) electrons. The molecule has 0 fully saturated rings. The van der Waals surface area contributed by atoms with Gasteiger partial charge in [-0.15, -0.1) is 11.3 Å². The Morgan fingerprint density at radius 2 is 1.69 bits per heavy atom. The number of amides is 1. The van der Waals surface area contributed by atoms with E-state index in [1.807, 2.05) is 55.6 Å². The molecule has 0 saturated heterocycles. The number of thiazole rings is 1. The van der Waals surface area contributed by atoms with Gasteiger partial charge in [0.25, 0.3) is 0 Å². The highest BCUT2D eigenvalue weighted by Crippen LogP contribution is 2.31. The number of hydrogen-bond donors (Lipinski definition) is 1. The molecule has 7 heteroatoms. The van der Waals surface area contributed by atoms with Gasteiger partial charge in [0.15, 0.2) is 11.5 Å². The Bertz CT molecular complexity index is 1000. The van der Waals surface area contributed by atoms with Crippen LogP contribution in [0, 0.1) is 6.92 Å². The molecule has 1 amide bonds. The third-order valence-electron chi connectivity index (χ3n) is 4.48. The third-order valence-corrected chi connectivity index (χ3v) is 5.35. The number of nitrogens with zero attached hydrogens (tertiary/aromatic N) is 1. The first kappa shape index (κ1) is 23.6. The summed E-state index contributed by atoms with van der Waals surface area (Å²) in [6, 6.07) is 13.4. The summed E-state index contributed by atoms with van der Waals surface area (Å²) in [5.41, 5.74) is 2.58. The molecule has 6 nitrogen and oxygen atoms in total. The summed E-state index contributed by atoms with van der Waals surface area (Å²) in [6.07, 6.45) is 2.00. The lowest BCUT2D eigenvalue weighted by Crippen LogP contribution is -2.15. The molecule has 0 atom stereocenters. The molecule has 3 rings (SSSR count). The van der Waals surface area contributed by atoms with Gasteiger partial charge in [-0.05, 0) is 44.0 Å². The van der Waals surface area contributed by atoms with Gasteiger partial charge in [0.05, 0.1) is 25.3 Å². The zero-order chi connectivity index (χ0) is 22.8. The van der Waals surface area contributed by atoms with Crippen molar-refractivity contribution in [2.24, 2.45) is 0 Å². The fourth-order valence-electron chi connectivity index (χ4n) is 2.89. The number of carbonyl (C=O) groups excluding carboxylic acids is 1. The standard InChI is InChI=1S/C25H30N2O4S/c1-4-12-29-22-11-8-19(14-23(22)30-13-5-2)26-24(28)15-20-17-32-25(27-20)16-31-21-9-6-18(3)7-10-21/h6-11,14,17H,4-5,12-13,15-16H2,1-3H3,(H,26,28). The summed E-state index contributed by atoms with van der Waals surface area (Å²) in [6.45, 7) is 7.73. The maximum Gasteiger partial charge on any atom is 0.230 e. The molecule has 0 aliphatic rings. The fourth-order valence-corrected chi connectivity index (χ4v) is 3.59. The highest BCUT2D eigenvalue weighted by Gasteiger charge is 2.12. The van der Waals surface area contributed by atoms with E-state index in [4.69, 9.17) is 14.2 Å². The van der Waals surface area contributed by atoms with E-state index >= 15 is 0 Å². The largest absolute Gasteiger partial charge is 0.490 e. The molecule has 170 valence electrons. The maximum absolute atomic E-state index is 12.5. The van der Waals surface area contributed by atoms with E-state index in [-0.39, 0.29) is 12.3 Å². The van der Waals surface area contributed by atoms with Gasteiger partial charge in [0, 0.05) is 17.1 Å². The summed E-state index contributed by atoms with van der Waals surface area (Å²) in [5.74, 6) is 2.00. The van der Waals surface area contributed by atoms with Crippen LogP contribution in [-0.2, 0) is 17.8 Å². The van der Waals surface area contributed by atoms with Crippen LogP contribution in [0.5, 0.6) is 17.2 Å². The Balaban J connectivity index is 1.55. The maximum atomic E-state index is 12.5. The second kappa shape index (κ2) is 12.1. The van der Waals surface area contributed by atoms with E-state index in [2.05, 4.69) is 17.2 Å². The second-order valence-electron chi connectivity index (χ2n) is 7.42. The molecular weight excluding hydrogens is 424 g/mol. The Labute approximate surface area is 193 Å². The van der Waals surface area contributed by atoms with Gasteiger partial charge in [-0.25, -0.2) is 4.98 Å². The van der Waals surface area contributed by atoms with Crippen LogP contribution in [0.2, 0.25) is 0 Å². The van der Waals surface area contributed by atoms with Crippen molar-refractivity contribution in [3.8, 4) is 17.2 Å². The Hall–Kier alpha value is -3.06. The highest BCUT2D eigenvalue weighted by atomic mass is 32.1. The van der Waals surface area contributed by atoms with E-state index in [1.54, 1.807) is 6.07 Å². The normalized spacial score (nSPS) is 10.6. The van der Waals surface area contributed by atoms with Gasteiger partial charge in [0.2, 0.25) is 5.91 Å². The van der Waals surface area contributed by atoms with Crippen molar-refractivity contribution in [3.63, 3.8) is 0 Å². The minimum Gasteiger partial charge on any atom is -0.490 e. The fraction of sp³-hybridized carbons (Fsp3) is 0.360. The molecule has 32 heavy (non-hydrogen) atoms. The van der Waals surface area contributed by atoms with Gasteiger partial charge in [-0.3, -0.25) is 4.79 Å². The molecule has 0 saturated carbocycles. The number of hydrogen-bond acceptors (Lipinski definition) is 6. The lowest BCUT2D eigenvalue weighted by molar-refractivity contribution is -0.115. The van der Waals surface area contributed by atoms with E-state index in [0.29, 0.717) is 37.0 Å². The summed E-state index contributed by atoms with van der Waals surface area (Å²) in [7, 11) is 0. The van der Waals surface area contributed by atoms with Crippen LogP contribution < -0.4 is 19.5 Å². The molecule has 1 N–H and O–H groups in total. The smallest absolute Gasteiger partial charge is 0.230 e. The topological polar surface area (TPSA) is 69.7 Å². The van der Waals surface area contributed by atoms with Crippen molar-refractivity contribution >= 4 is 22.9 Å². The van der Waals surface area contributed by atoms with Crippen molar-refractivity contribution in [1.29, 1.82) is 0 Å². The first-order valence-electron chi connectivity index (χ1n) is 10.9. The number of ether oxygens (including phenoxy) is 3. The molecule has 1 aromatic heterocycles. The first-order chi connectivity index (χ1) is 15.6. The predicted molar refractivity (Wildman–Crippen MR) is 128 cm³/mol. The van der Waals surface area contributed by atoms with Crippen LogP contribution >= 0.6 is 11.3 Å². The quantitative estimate of drug-likeness (QED) is 0.375. The van der Waals surface area contributed by atoms with E-state index in [9.17, 15) is 4.79 Å². The van der Waals surface area contributed by atoms with Crippen LogP contribution in [0.3, 0.4) is 0 Å². The molecule has 1 heterocycles. The number of aryl methyl sites for hydroxylation is 1. The summed E-state index contributed by atoms with van der Waals surface area (Å²) >= 11 is 1.49. The predicted octanol–water partition coefficient (Wildman–Crippen LogP) is 5.79. The molecule has 0 aliphatic carbocycles. The molecule has 3 aromatic rings. The number of benzene rings is 2. The molecular formula is C25H30N2O4S. The van der Waals surface area contributed by atoms with E-state index < -0.39 is 0 Å². The number of aromatic nitrogens is 1. The van der Waals surface area contributed by atoms with Crippen molar-refractivity contribution < 1.29 is 19.0 Å². The highest BCUT2D eigenvalue weighted by molar-refractivity contribution is 7.09. The van der Waals surface area contributed by atoms with Crippen LogP contribution in [0.4, 0.5) is 5.69 Å². The van der Waals surface area contributed by atoms with Gasteiger partial charge >= 0.3 is 0 Å². The zero-order valence-corrected chi connectivity index (χ0v) is 19.7. The zero-order valence-electron chi connectivity index (χ0n) is 18.8. The SMILES string of the molecule is CCCOc1ccc(NC(=O)Cc2csc(COc3ccc(C)cc3)n2)cc1OCCC. The van der Waals surface area contributed by atoms with E-state index in [1.165, 1.54) is 16.9 Å². The lowest BCUT2D eigenvalue weighted by Gasteiger charge is -2.14. The van der Waals surface area contributed by atoms with Crippen molar-refractivity contribution in [2.45, 2.75) is 46.6 Å². The monoisotopic (exact) mass is 454 g/mol. The second-order valence-corrected chi connectivity index (χ2v) is 8.36. The van der Waals surface area contributed by atoms with Gasteiger partial charge < -0.3 is 19.5 Å². The van der Waals surface area contributed by atoms with Crippen LogP contribution in [-0.4, -0.2) is 24.1 Å². The third kappa shape index (κ3) is 7.27. The van der Waals surface area contributed by atoms with Crippen LogP contribution in [0.1, 0.15) is 43.0 Å². The Morgan fingerprint density at radius 3 is 2.41 bits per heavy atom. The Morgan fingerprint density at radius 1 is 0.969 bits per heavy atom. The molecule has 0 bridgehead atoms. The summed E-state index contributed by atoms with van der Waals surface area (Å²) in [4.78, 5) is 17.1. The first-order valence-corrected chi connectivity index (χ1v) is 11.8. The molecule has 2 aromatic carbocycles. The van der Waals surface area contributed by atoms with Crippen molar-refractivity contribution in [3.05, 3.63) is 64.1 Å². The van der Waals surface area contributed by atoms with Gasteiger partial charge in [-0.1, -0.05) is 31.5 Å². The Kier molecular flexibility index (Phi) is 8.92. The van der Waals surface area contributed by atoms with Gasteiger partial charge in [-0.2, -0.15) is 0 Å². The van der Waals surface area contributed by atoms with E-state index in [0.717, 1.165) is 29.3 Å².